The van der Waals surface area contributed by atoms with Crippen LogP contribution in [0.5, 0.6) is 5.75 Å². The van der Waals surface area contributed by atoms with Crippen molar-refractivity contribution in [2.75, 3.05) is 20.2 Å². The monoisotopic (exact) mass is 355 g/mol. The third-order valence-electron chi connectivity index (χ3n) is 4.22. The molecule has 0 unspecified atom stereocenters. The molecule has 2 heterocycles. The Hall–Kier alpha value is -3.22. The molecule has 0 bridgehead atoms. The second kappa shape index (κ2) is 7.77. The molecule has 1 aromatic carbocycles. The van der Waals surface area contributed by atoms with Crippen molar-refractivity contribution >= 4 is 22.9 Å². The molecule has 0 radical (unpaired) electrons. The molecule has 0 saturated heterocycles. The highest BCUT2D eigenvalue weighted by Crippen LogP contribution is 2.19. The maximum Gasteiger partial charge on any atom is 0.268 e. The lowest BCUT2D eigenvalue weighted by Gasteiger charge is -2.10. The van der Waals surface area contributed by atoms with E-state index in [2.05, 4.69) is 10.6 Å². The van der Waals surface area contributed by atoms with E-state index in [1.165, 1.54) is 0 Å². The largest absolute Gasteiger partial charge is 0.496 e. The van der Waals surface area contributed by atoms with E-state index < -0.39 is 0 Å². The molecule has 0 saturated carbocycles. The van der Waals surface area contributed by atoms with Crippen molar-refractivity contribution < 1.29 is 18.7 Å². The van der Waals surface area contributed by atoms with Crippen molar-refractivity contribution in [3.63, 3.8) is 0 Å². The molecular formula is C19H21N3O4. The summed E-state index contributed by atoms with van der Waals surface area (Å²) in [6.07, 6.45) is 2.22. The number of hydrogen-bond donors (Lipinski definition) is 2. The number of carbonyl (C=O) groups excluding carboxylic acids is 2. The third kappa shape index (κ3) is 3.72. The van der Waals surface area contributed by atoms with E-state index in [1.54, 1.807) is 37.1 Å². The number of furan rings is 1. The summed E-state index contributed by atoms with van der Waals surface area (Å²) in [6.45, 7) is 0.378. The number of para-hydroxylation sites is 1. The third-order valence-corrected chi connectivity index (χ3v) is 4.22. The molecule has 0 aliphatic heterocycles. The predicted octanol–water partition coefficient (Wildman–Crippen LogP) is 1.87. The molecule has 2 amide bonds. The Morgan fingerprint density at radius 2 is 2.00 bits per heavy atom. The zero-order chi connectivity index (χ0) is 18.5. The van der Waals surface area contributed by atoms with Crippen LogP contribution in [0.2, 0.25) is 0 Å². The van der Waals surface area contributed by atoms with Gasteiger partial charge in [-0.2, -0.15) is 0 Å². The summed E-state index contributed by atoms with van der Waals surface area (Å²) in [7, 11) is 3.40. The van der Waals surface area contributed by atoms with Crippen LogP contribution in [0.3, 0.4) is 0 Å². The lowest BCUT2D eigenvalue weighted by molar-refractivity contribution is -0.120. The molecular weight excluding hydrogens is 334 g/mol. The quantitative estimate of drug-likeness (QED) is 0.677. The molecule has 2 N–H and O–H groups in total. The minimum absolute atomic E-state index is 0.0860. The summed E-state index contributed by atoms with van der Waals surface area (Å²) in [6, 6.07) is 11.1. The molecule has 136 valence electrons. The van der Waals surface area contributed by atoms with Crippen molar-refractivity contribution in [2.24, 2.45) is 7.05 Å². The van der Waals surface area contributed by atoms with Crippen LogP contribution in [-0.4, -0.2) is 36.6 Å². The number of fused-ring (bicyclic) bond motifs is 1. The van der Waals surface area contributed by atoms with E-state index in [0.717, 1.165) is 16.8 Å². The Balaban J connectivity index is 1.47. The fraction of sp³-hybridized carbons (Fsp3) is 0.263. The lowest BCUT2D eigenvalue weighted by Crippen LogP contribution is -2.38. The number of rotatable bonds is 7. The highest BCUT2D eigenvalue weighted by atomic mass is 16.5. The van der Waals surface area contributed by atoms with E-state index in [1.807, 2.05) is 24.3 Å². The Morgan fingerprint density at radius 1 is 1.19 bits per heavy atom. The maximum absolute atomic E-state index is 12.2. The predicted molar refractivity (Wildman–Crippen MR) is 97.2 cm³/mol. The number of aryl methyl sites for hydroxylation is 1. The first-order valence-corrected chi connectivity index (χ1v) is 8.30. The first-order chi connectivity index (χ1) is 12.6. The van der Waals surface area contributed by atoms with Crippen molar-refractivity contribution in [3.05, 3.63) is 53.9 Å². The van der Waals surface area contributed by atoms with Gasteiger partial charge in [-0.3, -0.25) is 9.59 Å². The first kappa shape index (κ1) is 17.6. The van der Waals surface area contributed by atoms with Crippen molar-refractivity contribution in [1.29, 1.82) is 0 Å². The van der Waals surface area contributed by atoms with E-state index in [9.17, 15) is 9.59 Å². The maximum atomic E-state index is 12.2. The molecule has 0 aliphatic rings. The number of benzene rings is 1. The molecule has 2 aromatic heterocycles. The van der Waals surface area contributed by atoms with E-state index in [0.29, 0.717) is 24.2 Å². The molecule has 26 heavy (non-hydrogen) atoms. The Morgan fingerprint density at radius 3 is 2.77 bits per heavy atom. The van der Waals surface area contributed by atoms with E-state index in [4.69, 9.17) is 9.15 Å². The number of nitrogens with zero attached hydrogens (tertiary/aromatic N) is 1. The molecule has 0 fully saturated rings. The summed E-state index contributed by atoms with van der Waals surface area (Å²) >= 11 is 0. The summed E-state index contributed by atoms with van der Waals surface area (Å²) < 4.78 is 12.3. The number of aromatic nitrogens is 1. The topological polar surface area (TPSA) is 85.5 Å². The van der Waals surface area contributed by atoms with Gasteiger partial charge in [0.1, 0.15) is 11.4 Å². The number of nitrogens with one attached hydrogen (secondary N) is 2. The van der Waals surface area contributed by atoms with Crippen LogP contribution >= 0.6 is 0 Å². The molecule has 3 aromatic rings. The van der Waals surface area contributed by atoms with Crippen molar-refractivity contribution in [2.45, 2.75) is 6.42 Å². The van der Waals surface area contributed by atoms with Gasteiger partial charge in [0.05, 0.1) is 25.4 Å². The number of methoxy groups -OCH3 is 1. The highest BCUT2D eigenvalue weighted by Gasteiger charge is 2.15. The molecule has 0 atom stereocenters. The standard InChI is InChI=1S/C19H21N3O4/c1-22-14-8-10-26-17(14)11-15(22)19(24)21-12-18(23)20-9-7-13-5-3-4-6-16(13)25-2/h3-6,8,10-11H,7,9,12H2,1-2H3,(H,20,23)(H,21,24). The minimum atomic E-state index is -0.321. The van der Waals surface area contributed by atoms with Crippen LogP contribution in [0.15, 0.2) is 47.1 Å². The minimum Gasteiger partial charge on any atom is -0.496 e. The molecule has 7 heteroatoms. The molecule has 7 nitrogen and oxygen atoms in total. The fourth-order valence-electron chi connectivity index (χ4n) is 2.83. The molecule has 0 aliphatic carbocycles. The van der Waals surface area contributed by atoms with Crippen LogP contribution in [0, 0.1) is 0 Å². The zero-order valence-electron chi connectivity index (χ0n) is 14.7. The van der Waals surface area contributed by atoms with Gasteiger partial charge in [-0.05, 0) is 18.1 Å². The first-order valence-electron chi connectivity index (χ1n) is 8.30. The van der Waals surface area contributed by atoms with Gasteiger partial charge in [0.2, 0.25) is 5.91 Å². The van der Waals surface area contributed by atoms with Crippen LogP contribution in [-0.2, 0) is 18.3 Å². The van der Waals surface area contributed by atoms with Crippen LogP contribution in [0.1, 0.15) is 16.1 Å². The van der Waals surface area contributed by atoms with Gasteiger partial charge in [0.15, 0.2) is 5.58 Å². The molecule has 3 rings (SSSR count). The van der Waals surface area contributed by atoms with Crippen molar-refractivity contribution in [1.82, 2.24) is 15.2 Å². The van der Waals surface area contributed by atoms with Gasteiger partial charge in [-0.15, -0.1) is 0 Å². The zero-order valence-corrected chi connectivity index (χ0v) is 14.7. The Labute approximate surface area is 150 Å². The van der Waals surface area contributed by atoms with Gasteiger partial charge in [-0.25, -0.2) is 0 Å². The average Bonchev–Trinajstić information content (AvgIpc) is 3.23. The number of carbonyl (C=O) groups is 2. The average molecular weight is 355 g/mol. The fourth-order valence-corrected chi connectivity index (χ4v) is 2.83. The lowest BCUT2D eigenvalue weighted by atomic mass is 10.1. The number of ether oxygens (including phenoxy) is 1. The summed E-state index contributed by atoms with van der Waals surface area (Å²) in [5, 5.41) is 5.41. The van der Waals surface area contributed by atoms with Gasteiger partial charge in [0.25, 0.3) is 5.91 Å². The Bertz CT molecular complexity index is 926. The smallest absolute Gasteiger partial charge is 0.268 e. The number of amides is 2. The van der Waals surface area contributed by atoms with E-state index in [-0.39, 0.29) is 18.4 Å². The second-order valence-corrected chi connectivity index (χ2v) is 5.85. The van der Waals surface area contributed by atoms with Crippen LogP contribution < -0.4 is 15.4 Å². The van der Waals surface area contributed by atoms with E-state index >= 15 is 0 Å². The second-order valence-electron chi connectivity index (χ2n) is 5.85. The normalized spacial score (nSPS) is 10.7. The van der Waals surface area contributed by atoms with Crippen LogP contribution in [0.25, 0.3) is 11.1 Å². The van der Waals surface area contributed by atoms with Gasteiger partial charge in [0, 0.05) is 25.7 Å². The van der Waals surface area contributed by atoms with Crippen LogP contribution in [0.4, 0.5) is 0 Å². The summed E-state index contributed by atoms with van der Waals surface area (Å²) in [5.74, 6) is 0.230. The van der Waals surface area contributed by atoms with Gasteiger partial charge >= 0.3 is 0 Å². The molecule has 0 spiro atoms. The van der Waals surface area contributed by atoms with Gasteiger partial charge in [-0.1, -0.05) is 18.2 Å². The summed E-state index contributed by atoms with van der Waals surface area (Å²) in [5.41, 5.74) is 2.93. The van der Waals surface area contributed by atoms with Gasteiger partial charge < -0.3 is 24.4 Å². The number of hydrogen-bond acceptors (Lipinski definition) is 4. The highest BCUT2D eigenvalue weighted by molar-refractivity contribution is 5.99. The Kier molecular flexibility index (Phi) is 5.26. The summed E-state index contributed by atoms with van der Waals surface area (Å²) in [4.78, 5) is 24.2. The van der Waals surface area contributed by atoms with Crippen molar-refractivity contribution in [3.8, 4) is 5.75 Å². The SMILES string of the molecule is COc1ccccc1CCNC(=O)CNC(=O)c1cc2occc2n1C.